The van der Waals surface area contributed by atoms with E-state index in [1.54, 1.807) is 13.0 Å². The molecule has 9 heteroatoms. The van der Waals surface area contributed by atoms with Gasteiger partial charge in [0.25, 0.3) is 0 Å². The van der Waals surface area contributed by atoms with Crippen molar-refractivity contribution in [1.29, 1.82) is 0 Å². The van der Waals surface area contributed by atoms with Crippen molar-refractivity contribution in [2.45, 2.75) is 26.2 Å². The zero-order chi connectivity index (χ0) is 25.5. The van der Waals surface area contributed by atoms with Gasteiger partial charge < -0.3 is 24.8 Å². The number of piperazine rings is 1. The highest BCUT2D eigenvalue weighted by Crippen LogP contribution is 2.40. The number of nitrogens with one attached hydrogen (secondary N) is 2. The van der Waals surface area contributed by atoms with Crippen molar-refractivity contribution >= 4 is 28.1 Å². The van der Waals surface area contributed by atoms with Crippen LogP contribution in [0.5, 0.6) is 11.6 Å². The van der Waals surface area contributed by atoms with Gasteiger partial charge in [-0.1, -0.05) is 0 Å². The highest BCUT2D eigenvalue weighted by molar-refractivity contribution is 5.83. The number of aromatic nitrogens is 3. The Balaban J connectivity index is 1.27. The molecule has 0 amide bonds. The van der Waals surface area contributed by atoms with E-state index in [1.165, 1.54) is 12.0 Å². The first-order chi connectivity index (χ1) is 17.9. The van der Waals surface area contributed by atoms with E-state index in [9.17, 15) is 4.39 Å². The molecule has 0 unspecified atom stereocenters. The molecule has 192 valence electrons. The lowest BCUT2D eigenvalue weighted by Gasteiger charge is -2.34. The van der Waals surface area contributed by atoms with Gasteiger partial charge >= 0.3 is 0 Å². The molecule has 7 nitrogen and oxygen atoms in total. The second kappa shape index (κ2) is 9.63. The van der Waals surface area contributed by atoms with Crippen molar-refractivity contribution in [2.24, 2.45) is 5.92 Å². The highest BCUT2D eigenvalue weighted by Gasteiger charge is 2.27. The highest BCUT2D eigenvalue weighted by atomic mass is 19.1. The second-order valence-electron chi connectivity index (χ2n) is 10.1. The number of rotatable bonds is 7. The van der Waals surface area contributed by atoms with E-state index in [2.05, 4.69) is 49.2 Å². The summed E-state index contributed by atoms with van der Waals surface area (Å²) >= 11 is 0. The Morgan fingerprint density at radius 1 is 1.05 bits per heavy atom. The third-order valence-electron chi connectivity index (χ3n) is 7.20. The van der Waals surface area contributed by atoms with Crippen LogP contribution in [-0.2, 0) is 6.42 Å². The van der Waals surface area contributed by atoms with Crippen LogP contribution in [-0.4, -0.2) is 53.1 Å². The fraction of sp³-hybridized carbons (Fsp3) is 0.357. The van der Waals surface area contributed by atoms with E-state index in [0.717, 1.165) is 56.3 Å². The Kier molecular flexibility index (Phi) is 6.16. The number of anilines is 3. The number of likely N-dealkylation sites (N-methyl/N-ethyl adjacent to an activating group) is 1. The molecule has 4 aromatic rings. The molecule has 2 aromatic heterocycles. The van der Waals surface area contributed by atoms with Crippen LogP contribution in [0.2, 0.25) is 0 Å². The fourth-order valence-corrected chi connectivity index (χ4v) is 4.86. The lowest BCUT2D eigenvalue weighted by atomic mass is 10.1. The first kappa shape index (κ1) is 23.7. The van der Waals surface area contributed by atoms with Crippen molar-refractivity contribution in [1.82, 2.24) is 19.9 Å². The Morgan fingerprint density at radius 3 is 2.54 bits per heavy atom. The van der Waals surface area contributed by atoms with Crippen molar-refractivity contribution < 1.29 is 13.5 Å². The molecule has 37 heavy (non-hydrogen) atoms. The van der Waals surface area contributed by atoms with Gasteiger partial charge in [-0.25, -0.2) is 18.7 Å². The quantitative estimate of drug-likeness (QED) is 0.332. The maximum Gasteiger partial charge on any atom is 0.227 e. The van der Waals surface area contributed by atoms with Crippen LogP contribution < -0.4 is 15.0 Å². The molecule has 0 radical (unpaired) electrons. The number of ether oxygens (including phenoxy) is 1. The minimum Gasteiger partial charge on any atom is -0.435 e. The first-order valence-electron chi connectivity index (χ1n) is 12.7. The van der Waals surface area contributed by atoms with Gasteiger partial charge in [-0.05, 0) is 69.5 Å². The minimum atomic E-state index is -0.620. The largest absolute Gasteiger partial charge is 0.435 e. The summed E-state index contributed by atoms with van der Waals surface area (Å²) in [7, 11) is 2.15. The lowest BCUT2D eigenvalue weighted by Crippen LogP contribution is -2.44. The van der Waals surface area contributed by atoms with Crippen molar-refractivity contribution in [2.75, 3.05) is 43.4 Å². The van der Waals surface area contributed by atoms with Crippen LogP contribution in [0.1, 0.15) is 24.1 Å². The van der Waals surface area contributed by atoms with Crippen LogP contribution in [0, 0.1) is 24.5 Å². The molecule has 1 saturated carbocycles. The van der Waals surface area contributed by atoms with Gasteiger partial charge in [0.15, 0.2) is 17.4 Å². The molecule has 2 aromatic carbocycles. The summed E-state index contributed by atoms with van der Waals surface area (Å²) in [6.07, 6.45) is 4.32. The minimum absolute atomic E-state index is 0.130. The molecule has 2 aliphatic rings. The van der Waals surface area contributed by atoms with Gasteiger partial charge in [-0.15, -0.1) is 0 Å². The van der Waals surface area contributed by atoms with Gasteiger partial charge in [-0.2, -0.15) is 0 Å². The van der Waals surface area contributed by atoms with Crippen LogP contribution in [0.15, 0.2) is 42.7 Å². The normalized spacial score (nSPS) is 16.4. The summed E-state index contributed by atoms with van der Waals surface area (Å²) in [6, 6.07) is 10.9. The van der Waals surface area contributed by atoms with Crippen LogP contribution in [0.4, 0.5) is 26.0 Å². The number of halogens is 2. The van der Waals surface area contributed by atoms with E-state index in [1.807, 2.05) is 12.1 Å². The summed E-state index contributed by atoms with van der Waals surface area (Å²) in [5.74, 6) is -0.0268. The zero-order valence-corrected chi connectivity index (χ0v) is 21.0. The molecule has 2 fully saturated rings. The van der Waals surface area contributed by atoms with E-state index in [4.69, 9.17) is 4.74 Å². The van der Waals surface area contributed by atoms with E-state index in [0.29, 0.717) is 23.9 Å². The first-order valence-corrected chi connectivity index (χ1v) is 12.7. The lowest BCUT2D eigenvalue weighted by molar-refractivity contribution is 0.313. The van der Waals surface area contributed by atoms with Gasteiger partial charge in [0.05, 0.1) is 11.1 Å². The molecule has 1 aliphatic carbocycles. The number of aromatic amines is 1. The number of hydrogen-bond acceptors (Lipinski definition) is 6. The summed E-state index contributed by atoms with van der Waals surface area (Å²) in [5, 5.41) is 3.55. The number of fused-ring (bicyclic) bond motifs is 1. The summed E-state index contributed by atoms with van der Waals surface area (Å²) in [4.78, 5) is 16.4. The van der Waals surface area contributed by atoms with Crippen molar-refractivity contribution in [3.8, 4) is 11.6 Å². The number of hydrogen-bond donors (Lipinski definition) is 2. The number of benzene rings is 2. The molecular formula is C28H30F2N6O. The third-order valence-corrected chi connectivity index (χ3v) is 7.20. The van der Waals surface area contributed by atoms with Gasteiger partial charge in [0, 0.05) is 54.7 Å². The van der Waals surface area contributed by atoms with Gasteiger partial charge in [0.2, 0.25) is 5.88 Å². The maximum atomic E-state index is 15.2. The Labute approximate surface area is 214 Å². The predicted molar refractivity (Wildman–Crippen MR) is 141 cm³/mol. The molecule has 1 saturated heterocycles. The topological polar surface area (TPSA) is 69.3 Å². The second-order valence-corrected chi connectivity index (χ2v) is 10.1. The molecule has 2 N–H and O–H groups in total. The van der Waals surface area contributed by atoms with E-state index >= 15 is 4.39 Å². The van der Waals surface area contributed by atoms with Crippen molar-refractivity contribution in [3.63, 3.8) is 0 Å². The molecule has 1 aliphatic heterocycles. The molecule has 0 atom stereocenters. The number of aryl methyl sites for hydroxylation is 1. The van der Waals surface area contributed by atoms with Crippen LogP contribution in [0.3, 0.4) is 0 Å². The monoisotopic (exact) mass is 504 g/mol. The summed E-state index contributed by atoms with van der Waals surface area (Å²) in [6.45, 7) is 5.87. The average molecular weight is 505 g/mol. The average Bonchev–Trinajstić information content (AvgIpc) is 3.62. The number of nitrogens with zero attached hydrogens (tertiary/aromatic N) is 4. The van der Waals surface area contributed by atoms with Gasteiger partial charge in [0.1, 0.15) is 12.1 Å². The number of H-pyrrole nitrogens is 1. The standard InChI is InChI=1S/C28H30F2N6O/c1-17-13-21-25(30)24(15-23(29)26(21)33-17)37-28-22(14-18-3-4-18)27(31-16-32-28)34-19-5-7-20(8-6-19)36-11-9-35(2)10-12-36/h5-8,13,15-16,18,33H,3-4,9-12,14H2,1-2H3,(H,31,32,34). The zero-order valence-electron chi connectivity index (χ0n) is 21.0. The predicted octanol–water partition coefficient (Wildman–Crippen LogP) is 5.78. The molecule has 0 spiro atoms. The molecular weight excluding hydrogens is 474 g/mol. The summed E-state index contributed by atoms with van der Waals surface area (Å²) < 4.78 is 35.8. The van der Waals surface area contributed by atoms with Gasteiger partial charge in [-0.3, -0.25) is 0 Å². The Hall–Kier alpha value is -3.72. The smallest absolute Gasteiger partial charge is 0.227 e. The Bertz CT molecular complexity index is 1430. The SMILES string of the molecule is Cc1cc2c(F)c(Oc3ncnc(Nc4ccc(N5CCN(C)CC5)cc4)c3CC3CC3)cc(F)c2[nH]1. The van der Waals surface area contributed by atoms with Crippen molar-refractivity contribution in [3.05, 3.63) is 65.6 Å². The maximum absolute atomic E-state index is 15.2. The van der Waals surface area contributed by atoms with E-state index < -0.39 is 11.6 Å². The van der Waals surface area contributed by atoms with Crippen LogP contribution >= 0.6 is 0 Å². The fourth-order valence-electron chi connectivity index (χ4n) is 4.86. The molecule has 3 heterocycles. The molecule has 0 bridgehead atoms. The van der Waals surface area contributed by atoms with Crippen LogP contribution in [0.25, 0.3) is 10.9 Å². The third kappa shape index (κ3) is 4.96. The Morgan fingerprint density at radius 2 is 1.81 bits per heavy atom. The molecule has 6 rings (SSSR count). The van der Waals surface area contributed by atoms with E-state index in [-0.39, 0.29) is 22.5 Å². The summed E-state index contributed by atoms with van der Waals surface area (Å²) in [5.41, 5.74) is 3.65.